The summed E-state index contributed by atoms with van der Waals surface area (Å²) in [6.45, 7) is 0.521. The normalized spacial score (nSPS) is 14.6. The molecule has 0 unspecified atom stereocenters. The number of carboxylic acids is 1. The van der Waals surface area contributed by atoms with Crippen LogP contribution in [0.1, 0.15) is 41.7 Å². The molecular formula is C17H19N3O3. The molecular weight excluding hydrogens is 294 g/mol. The van der Waals surface area contributed by atoms with Crippen LogP contribution in [0, 0.1) is 0 Å². The van der Waals surface area contributed by atoms with Gasteiger partial charge < -0.3 is 15.2 Å². The van der Waals surface area contributed by atoms with Gasteiger partial charge in [-0.15, -0.1) is 0 Å². The largest absolute Gasteiger partial charge is 0.477 e. The number of aromatic carboxylic acids is 1. The van der Waals surface area contributed by atoms with Crippen molar-refractivity contribution in [1.29, 1.82) is 0 Å². The van der Waals surface area contributed by atoms with Crippen molar-refractivity contribution in [3.8, 4) is 5.88 Å². The quantitative estimate of drug-likeness (QED) is 0.852. The summed E-state index contributed by atoms with van der Waals surface area (Å²) < 4.78 is 5.83. The first-order valence-corrected chi connectivity index (χ1v) is 7.76. The van der Waals surface area contributed by atoms with Crippen LogP contribution >= 0.6 is 0 Å². The highest BCUT2D eigenvalue weighted by Crippen LogP contribution is 2.22. The molecule has 2 aromatic rings. The standard InChI is InChI=1S/C17H19N3O3/c21-17(22)14-6-3-7-15(20-14)18-10-12-8-9-16(19-11-12)23-13-4-1-2-5-13/h3,6-9,11,13H,1-2,4-5,10H2,(H,18,20)(H,21,22). The third-order valence-corrected chi connectivity index (χ3v) is 3.83. The number of hydrogen-bond donors (Lipinski definition) is 2. The summed E-state index contributed by atoms with van der Waals surface area (Å²) in [5, 5.41) is 12.0. The lowest BCUT2D eigenvalue weighted by Crippen LogP contribution is -2.12. The van der Waals surface area contributed by atoms with Crippen LogP contribution < -0.4 is 10.1 Å². The number of ether oxygens (including phenoxy) is 1. The van der Waals surface area contributed by atoms with Crippen LogP contribution in [0.4, 0.5) is 5.82 Å². The Bertz CT molecular complexity index is 667. The van der Waals surface area contributed by atoms with E-state index in [2.05, 4.69) is 15.3 Å². The van der Waals surface area contributed by atoms with Crippen LogP contribution in [-0.2, 0) is 6.54 Å². The topological polar surface area (TPSA) is 84.3 Å². The average Bonchev–Trinajstić information content (AvgIpc) is 3.07. The highest BCUT2D eigenvalue weighted by molar-refractivity contribution is 5.85. The number of nitrogens with zero attached hydrogens (tertiary/aromatic N) is 2. The molecule has 0 aromatic carbocycles. The van der Waals surface area contributed by atoms with Gasteiger partial charge in [0.05, 0.1) is 0 Å². The zero-order valence-electron chi connectivity index (χ0n) is 12.7. The lowest BCUT2D eigenvalue weighted by Gasteiger charge is -2.12. The Hall–Kier alpha value is -2.63. The Morgan fingerprint density at radius 2 is 2.09 bits per heavy atom. The zero-order valence-corrected chi connectivity index (χ0v) is 12.7. The number of hydrogen-bond acceptors (Lipinski definition) is 5. The number of carbonyl (C=O) groups is 1. The van der Waals surface area contributed by atoms with Crippen LogP contribution in [0.2, 0.25) is 0 Å². The van der Waals surface area contributed by atoms with Gasteiger partial charge >= 0.3 is 5.97 Å². The van der Waals surface area contributed by atoms with Gasteiger partial charge in [0.25, 0.3) is 0 Å². The molecule has 1 aliphatic carbocycles. The van der Waals surface area contributed by atoms with E-state index < -0.39 is 5.97 Å². The molecule has 120 valence electrons. The average molecular weight is 313 g/mol. The molecule has 0 atom stereocenters. The zero-order chi connectivity index (χ0) is 16.1. The third kappa shape index (κ3) is 4.18. The summed E-state index contributed by atoms with van der Waals surface area (Å²) in [6.07, 6.45) is 6.74. The summed E-state index contributed by atoms with van der Waals surface area (Å²) in [5.74, 6) is 0.145. The minimum atomic E-state index is -1.04. The molecule has 2 heterocycles. The van der Waals surface area contributed by atoms with Crippen molar-refractivity contribution in [3.63, 3.8) is 0 Å². The molecule has 0 amide bonds. The second-order valence-corrected chi connectivity index (χ2v) is 5.60. The summed E-state index contributed by atoms with van der Waals surface area (Å²) in [4.78, 5) is 19.2. The van der Waals surface area contributed by atoms with Crippen LogP contribution in [-0.4, -0.2) is 27.1 Å². The van der Waals surface area contributed by atoms with Crippen LogP contribution in [0.15, 0.2) is 36.5 Å². The smallest absolute Gasteiger partial charge is 0.354 e. The fourth-order valence-electron chi connectivity index (χ4n) is 2.61. The molecule has 1 aliphatic rings. The van der Waals surface area contributed by atoms with Gasteiger partial charge in [-0.25, -0.2) is 14.8 Å². The molecule has 6 heteroatoms. The first-order chi connectivity index (χ1) is 11.2. The van der Waals surface area contributed by atoms with Gasteiger partial charge in [0.15, 0.2) is 5.69 Å². The van der Waals surface area contributed by atoms with E-state index in [1.807, 2.05) is 12.1 Å². The molecule has 0 radical (unpaired) electrons. The van der Waals surface area contributed by atoms with Crippen molar-refractivity contribution in [1.82, 2.24) is 9.97 Å². The SMILES string of the molecule is O=C(O)c1cccc(NCc2ccc(OC3CCCC3)nc2)n1. The van der Waals surface area contributed by atoms with Gasteiger partial charge in [-0.1, -0.05) is 12.1 Å². The maximum absolute atomic E-state index is 10.9. The van der Waals surface area contributed by atoms with E-state index in [4.69, 9.17) is 9.84 Å². The molecule has 3 rings (SSSR count). The summed E-state index contributed by atoms with van der Waals surface area (Å²) in [6, 6.07) is 8.68. The van der Waals surface area contributed by atoms with E-state index in [0.29, 0.717) is 24.3 Å². The van der Waals surface area contributed by atoms with E-state index in [9.17, 15) is 4.79 Å². The fraction of sp³-hybridized carbons (Fsp3) is 0.353. The van der Waals surface area contributed by atoms with Gasteiger partial charge in [0, 0.05) is 18.8 Å². The highest BCUT2D eigenvalue weighted by atomic mass is 16.5. The van der Waals surface area contributed by atoms with E-state index in [-0.39, 0.29) is 5.69 Å². The summed E-state index contributed by atoms with van der Waals surface area (Å²) in [5.41, 5.74) is 1.000. The van der Waals surface area contributed by atoms with E-state index in [1.165, 1.54) is 18.9 Å². The van der Waals surface area contributed by atoms with E-state index >= 15 is 0 Å². The Balaban J connectivity index is 1.55. The number of anilines is 1. The minimum absolute atomic E-state index is 0.0217. The van der Waals surface area contributed by atoms with Gasteiger partial charge in [-0.05, 0) is 43.4 Å². The van der Waals surface area contributed by atoms with Crippen molar-refractivity contribution in [2.24, 2.45) is 0 Å². The first kappa shape index (κ1) is 15.3. The Morgan fingerprint density at radius 3 is 2.78 bits per heavy atom. The number of carboxylic acid groups (broad SMARTS) is 1. The number of aromatic nitrogens is 2. The van der Waals surface area contributed by atoms with Crippen LogP contribution in [0.25, 0.3) is 0 Å². The molecule has 0 saturated heterocycles. The predicted molar refractivity (Wildman–Crippen MR) is 85.6 cm³/mol. The van der Waals surface area contributed by atoms with Gasteiger partial charge in [0.2, 0.25) is 5.88 Å². The lowest BCUT2D eigenvalue weighted by molar-refractivity contribution is 0.0690. The number of nitrogens with one attached hydrogen (secondary N) is 1. The minimum Gasteiger partial charge on any atom is -0.477 e. The highest BCUT2D eigenvalue weighted by Gasteiger charge is 2.16. The molecule has 23 heavy (non-hydrogen) atoms. The molecule has 6 nitrogen and oxygen atoms in total. The fourth-order valence-corrected chi connectivity index (χ4v) is 2.61. The van der Waals surface area contributed by atoms with Crippen molar-refractivity contribution in [3.05, 3.63) is 47.8 Å². The van der Waals surface area contributed by atoms with Crippen molar-refractivity contribution in [2.75, 3.05) is 5.32 Å². The molecule has 0 aliphatic heterocycles. The van der Waals surface area contributed by atoms with Crippen molar-refractivity contribution in [2.45, 2.75) is 38.3 Å². The summed E-state index contributed by atoms with van der Waals surface area (Å²) in [7, 11) is 0. The van der Waals surface area contributed by atoms with Gasteiger partial charge in [-0.3, -0.25) is 0 Å². The second-order valence-electron chi connectivity index (χ2n) is 5.60. The summed E-state index contributed by atoms with van der Waals surface area (Å²) >= 11 is 0. The number of pyridine rings is 2. The van der Waals surface area contributed by atoms with Gasteiger partial charge in [-0.2, -0.15) is 0 Å². The predicted octanol–water partition coefficient (Wildman–Crippen LogP) is 3.11. The maximum atomic E-state index is 10.9. The molecule has 1 fully saturated rings. The monoisotopic (exact) mass is 313 g/mol. The first-order valence-electron chi connectivity index (χ1n) is 7.76. The maximum Gasteiger partial charge on any atom is 0.354 e. The van der Waals surface area contributed by atoms with Crippen molar-refractivity contribution >= 4 is 11.8 Å². The molecule has 2 N–H and O–H groups in total. The third-order valence-electron chi connectivity index (χ3n) is 3.83. The van der Waals surface area contributed by atoms with E-state index in [1.54, 1.807) is 18.3 Å². The molecule has 0 spiro atoms. The Morgan fingerprint density at radius 1 is 1.26 bits per heavy atom. The number of rotatable bonds is 6. The molecule has 1 saturated carbocycles. The Labute approximate surface area is 134 Å². The second kappa shape index (κ2) is 7.09. The molecule has 0 bridgehead atoms. The van der Waals surface area contributed by atoms with Crippen LogP contribution in [0.3, 0.4) is 0 Å². The lowest BCUT2D eigenvalue weighted by atomic mass is 10.2. The molecule has 2 aromatic heterocycles. The van der Waals surface area contributed by atoms with Crippen molar-refractivity contribution < 1.29 is 14.6 Å². The Kier molecular flexibility index (Phi) is 4.71. The van der Waals surface area contributed by atoms with Crippen LogP contribution in [0.5, 0.6) is 5.88 Å². The van der Waals surface area contributed by atoms with E-state index in [0.717, 1.165) is 18.4 Å². The van der Waals surface area contributed by atoms with Gasteiger partial charge in [0.1, 0.15) is 11.9 Å².